The van der Waals surface area contributed by atoms with E-state index in [0.717, 1.165) is 31.5 Å². The zero-order valence-electron chi connectivity index (χ0n) is 9.19. The van der Waals surface area contributed by atoms with Crippen molar-refractivity contribution in [2.75, 3.05) is 31.6 Å². The first-order valence-electron chi connectivity index (χ1n) is 5.56. The Kier molecular flexibility index (Phi) is 3.50. The molecule has 4 heteroatoms. The highest BCUT2D eigenvalue weighted by Gasteiger charge is 2.19. The van der Waals surface area contributed by atoms with E-state index in [1.54, 1.807) is 0 Å². The average molecular weight is 206 g/mol. The van der Waals surface area contributed by atoms with Gasteiger partial charge in [-0.05, 0) is 38.4 Å². The normalized spacial score (nSPS) is 18.1. The van der Waals surface area contributed by atoms with Crippen molar-refractivity contribution in [2.45, 2.75) is 12.8 Å². The molecule has 4 nitrogen and oxygen atoms in total. The van der Waals surface area contributed by atoms with Gasteiger partial charge in [0.05, 0.1) is 0 Å². The number of hydrogen-bond acceptors (Lipinski definition) is 4. The topological polar surface area (TPSA) is 41.0 Å². The molecule has 0 radical (unpaired) electrons. The lowest BCUT2D eigenvalue weighted by atomic mass is 9.97. The van der Waals surface area contributed by atoms with Gasteiger partial charge in [-0.3, -0.25) is 0 Å². The molecule has 0 amide bonds. The summed E-state index contributed by atoms with van der Waals surface area (Å²) >= 11 is 0. The number of piperidine rings is 1. The first kappa shape index (κ1) is 10.4. The van der Waals surface area contributed by atoms with Gasteiger partial charge in [-0.1, -0.05) is 0 Å². The fourth-order valence-corrected chi connectivity index (χ4v) is 2.08. The minimum atomic E-state index is 0.815. The molecule has 0 bridgehead atoms. The highest BCUT2D eigenvalue weighted by Crippen LogP contribution is 2.19. The van der Waals surface area contributed by atoms with Crippen molar-refractivity contribution in [3.05, 3.63) is 18.5 Å². The highest BCUT2D eigenvalue weighted by atomic mass is 15.2. The zero-order chi connectivity index (χ0) is 10.5. The fraction of sp³-hybridized carbons (Fsp3) is 0.636. The second kappa shape index (κ2) is 5.07. The van der Waals surface area contributed by atoms with E-state index in [0.29, 0.717) is 0 Å². The Bertz CT molecular complexity index is 280. The summed E-state index contributed by atoms with van der Waals surface area (Å²) in [6, 6.07) is 1.86. The largest absolute Gasteiger partial charge is 0.341 e. The Balaban J connectivity index is 1.88. The SMILES string of the molecule is CNCC1CCN(c2ncccn2)CC1. The summed E-state index contributed by atoms with van der Waals surface area (Å²) in [6.45, 7) is 3.29. The lowest BCUT2D eigenvalue weighted by Crippen LogP contribution is -2.37. The molecule has 0 saturated carbocycles. The van der Waals surface area contributed by atoms with Crippen molar-refractivity contribution in [1.29, 1.82) is 0 Å². The van der Waals surface area contributed by atoms with Gasteiger partial charge >= 0.3 is 0 Å². The predicted octanol–water partition coefficient (Wildman–Crippen LogP) is 0.912. The van der Waals surface area contributed by atoms with E-state index in [2.05, 4.69) is 20.2 Å². The standard InChI is InChI=1S/C11H18N4/c1-12-9-10-3-7-15(8-4-10)11-13-5-2-6-14-11/h2,5-6,10,12H,3-4,7-9H2,1H3. The van der Waals surface area contributed by atoms with Gasteiger partial charge in [0.1, 0.15) is 0 Å². The molecule has 1 saturated heterocycles. The van der Waals surface area contributed by atoms with Crippen LogP contribution in [0.25, 0.3) is 0 Å². The third-order valence-corrected chi connectivity index (χ3v) is 2.94. The maximum atomic E-state index is 4.27. The molecule has 15 heavy (non-hydrogen) atoms. The smallest absolute Gasteiger partial charge is 0.225 e. The van der Waals surface area contributed by atoms with Gasteiger partial charge < -0.3 is 10.2 Å². The Labute approximate surface area is 90.7 Å². The lowest BCUT2D eigenvalue weighted by molar-refractivity contribution is 0.391. The van der Waals surface area contributed by atoms with Crippen molar-refractivity contribution >= 4 is 5.95 Å². The van der Waals surface area contributed by atoms with Crippen LogP contribution in [0.2, 0.25) is 0 Å². The van der Waals surface area contributed by atoms with Crippen LogP contribution in [0.15, 0.2) is 18.5 Å². The molecule has 0 unspecified atom stereocenters. The Morgan fingerprint density at radius 3 is 2.60 bits per heavy atom. The molecular formula is C11H18N4. The van der Waals surface area contributed by atoms with Gasteiger partial charge in [-0.15, -0.1) is 0 Å². The van der Waals surface area contributed by atoms with Crippen LogP contribution in [0.1, 0.15) is 12.8 Å². The van der Waals surface area contributed by atoms with Crippen molar-refractivity contribution < 1.29 is 0 Å². The van der Waals surface area contributed by atoms with E-state index in [1.165, 1.54) is 12.8 Å². The van der Waals surface area contributed by atoms with Crippen molar-refractivity contribution in [2.24, 2.45) is 5.92 Å². The second-order valence-electron chi connectivity index (χ2n) is 4.04. The molecule has 1 N–H and O–H groups in total. The quantitative estimate of drug-likeness (QED) is 0.798. The first-order chi connectivity index (χ1) is 7.40. The summed E-state index contributed by atoms with van der Waals surface area (Å²) in [6.07, 6.45) is 6.09. The summed E-state index contributed by atoms with van der Waals surface area (Å²) < 4.78 is 0. The van der Waals surface area contributed by atoms with E-state index in [1.807, 2.05) is 25.5 Å². The fourth-order valence-electron chi connectivity index (χ4n) is 2.08. The van der Waals surface area contributed by atoms with Gasteiger partial charge in [0.25, 0.3) is 0 Å². The number of hydrogen-bond donors (Lipinski definition) is 1. The maximum Gasteiger partial charge on any atom is 0.225 e. The average Bonchev–Trinajstić information content (AvgIpc) is 2.32. The molecule has 0 atom stereocenters. The van der Waals surface area contributed by atoms with Crippen molar-refractivity contribution in [1.82, 2.24) is 15.3 Å². The van der Waals surface area contributed by atoms with Gasteiger partial charge in [-0.25, -0.2) is 9.97 Å². The van der Waals surface area contributed by atoms with Crippen LogP contribution in [0.3, 0.4) is 0 Å². The van der Waals surface area contributed by atoms with Crippen LogP contribution < -0.4 is 10.2 Å². The molecule has 1 aliphatic heterocycles. The third-order valence-electron chi connectivity index (χ3n) is 2.94. The molecule has 1 aromatic heterocycles. The molecular weight excluding hydrogens is 188 g/mol. The Hall–Kier alpha value is -1.16. The number of rotatable bonds is 3. The summed E-state index contributed by atoms with van der Waals surface area (Å²) in [5.41, 5.74) is 0. The molecule has 1 fully saturated rings. The summed E-state index contributed by atoms with van der Waals surface area (Å²) in [5, 5.41) is 3.24. The van der Waals surface area contributed by atoms with Crippen LogP contribution in [0, 0.1) is 5.92 Å². The Morgan fingerprint density at radius 2 is 2.00 bits per heavy atom. The zero-order valence-corrected chi connectivity index (χ0v) is 9.19. The predicted molar refractivity (Wildman–Crippen MR) is 60.9 cm³/mol. The summed E-state index contributed by atoms with van der Waals surface area (Å²) in [7, 11) is 2.02. The molecule has 2 rings (SSSR count). The monoisotopic (exact) mass is 206 g/mol. The van der Waals surface area contributed by atoms with E-state index in [9.17, 15) is 0 Å². The maximum absolute atomic E-state index is 4.27. The first-order valence-corrected chi connectivity index (χ1v) is 5.56. The number of aromatic nitrogens is 2. The number of nitrogens with one attached hydrogen (secondary N) is 1. The van der Waals surface area contributed by atoms with Crippen molar-refractivity contribution in [3.8, 4) is 0 Å². The number of anilines is 1. The minimum Gasteiger partial charge on any atom is -0.341 e. The minimum absolute atomic E-state index is 0.815. The molecule has 1 aromatic rings. The van der Waals surface area contributed by atoms with Crippen LogP contribution in [-0.4, -0.2) is 36.6 Å². The van der Waals surface area contributed by atoms with Crippen molar-refractivity contribution in [3.63, 3.8) is 0 Å². The van der Waals surface area contributed by atoms with Crippen LogP contribution in [-0.2, 0) is 0 Å². The van der Waals surface area contributed by atoms with Gasteiger partial charge in [-0.2, -0.15) is 0 Å². The van der Waals surface area contributed by atoms with Crippen LogP contribution in [0.5, 0.6) is 0 Å². The molecule has 0 aromatic carbocycles. The highest BCUT2D eigenvalue weighted by molar-refractivity contribution is 5.28. The van der Waals surface area contributed by atoms with E-state index >= 15 is 0 Å². The van der Waals surface area contributed by atoms with Gasteiger partial charge in [0, 0.05) is 25.5 Å². The summed E-state index contributed by atoms with van der Waals surface area (Å²) in [5.74, 6) is 1.69. The van der Waals surface area contributed by atoms with E-state index in [4.69, 9.17) is 0 Å². The summed E-state index contributed by atoms with van der Waals surface area (Å²) in [4.78, 5) is 10.8. The van der Waals surface area contributed by atoms with E-state index < -0.39 is 0 Å². The molecule has 1 aliphatic rings. The van der Waals surface area contributed by atoms with E-state index in [-0.39, 0.29) is 0 Å². The molecule has 82 valence electrons. The van der Waals surface area contributed by atoms with Gasteiger partial charge in [0.2, 0.25) is 5.95 Å². The lowest BCUT2D eigenvalue weighted by Gasteiger charge is -2.31. The second-order valence-corrected chi connectivity index (χ2v) is 4.04. The molecule has 2 heterocycles. The molecule has 0 aliphatic carbocycles. The Morgan fingerprint density at radius 1 is 1.33 bits per heavy atom. The molecule has 0 spiro atoms. The number of nitrogens with zero attached hydrogens (tertiary/aromatic N) is 3. The van der Waals surface area contributed by atoms with Gasteiger partial charge in [0.15, 0.2) is 0 Å². The van der Waals surface area contributed by atoms with Crippen LogP contribution >= 0.6 is 0 Å². The third kappa shape index (κ3) is 2.65. The van der Waals surface area contributed by atoms with Crippen LogP contribution in [0.4, 0.5) is 5.95 Å².